The molecule has 0 fully saturated rings. The Kier molecular flexibility index (Phi) is 11.6. The average molecular weight is 464 g/mol. The van der Waals surface area contributed by atoms with Gasteiger partial charge in [0.15, 0.2) is 0 Å². The molecule has 4 unspecified atom stereocenters. The molecule has 0 aromatic heterocycles. The Morgan fingerprint density at radius 3 is 1.52 bits per heavy atom. The summed E-state index contributed by atoms with van der Waals surface area (Å²) >= 11 is 3.76. The second-order valence-corrected chi connectivity index (χ2v) is 6.61. The van der Waals surface area contributed by atoms with Crippen molar-refractivity contribution in [3.8, 4) is 0 Å². The number of hydrogen-bond acceptors (Lipinski definition) is 9. The molecule has 0 radical (unpaired) electrons. The molecule has 15 nitrogen and oxygen atoms in total. The first-order valence-electron chi connectivity index (χ1n) is 8.57. The molecule has 0 aliphatic carbocycles. The van der Waals surface area contributed by atoms with Gasteiger partial charge in [0.05, 0.1) is 25.3 Å². The van der Waals surface area contributed by atoms with Gasteiger partial charge >= 0.3 is 11.9 Å². The third-order valence-corrected chi connectivity index (χ3v) is 3.97. The van der Waals surface area contributed by atoms with Crippen LogP contribution < -0.4 is 33.2 Å². The van der Waals surface area contributed by atoms with Crippen LogP contribution in [-0.2, 0) is 33.6 Å². The number of carboxylic acid groups (broad SMARTS) is 2. The molecular weight excluding hydrogens is 440 g/mol. The molecule has 0 spiro atoms. The summed E-state index contributed by atoms with van der Waals surface area (Å²) in [6.45, 7) is 0. The first kappa shape index (κ1) is 27.6. The molecule has 16 heteroatoms. The molecule has 11 N–H and O–H groups in total. The number of rotatable bonds is 14. The maximum Gasteiger partial charge on any atom is 0.327 e. The fourth-order valence-corrected chi connectivity index (χ4v) is 2.36. The molecule has 0 aliphatic rings. The number of carbonyl (C=O) groups is 7. The number of carbonyl (C=O) groups excluding carboxylic acids is 5. The van der Waals surface area contributed by atoms with Gasteiger partial charge in [0.25, 0.3) is 0 Å². The highest BCUT2D eigenvalue weighted by atomic mass is 32.1. The number of hydrogen-bond donors (Lipinski definition) is 9. The lowest BCUT2D eigenvalue weighted by Crippen LogP contribution is -2.58. The van der Waals surface area contributed by atoms with Crippen molar-refractivity contribution in [3.05, 3.63) is 0 Å². The van der Waals surface area contributed by atoms with E-state index in [4.69, 9.17) is 27.4 Å². The lowest BCUT2D eigenvalue weighted by molar-refractivity contribution is -0.143. The normalized spacial score (nSPS) is 14.3. The van der Waals surface area contributed by atoms with Crippen LogP contribution in [0.15, 0.2) is 0 Å². The van der Waals surface area contributed by atoms with E-state index in [9.17, 15) is 33.6 Å². The highest BCUT2D eigenvalue weighted by Gasteiger charge is 2.32. The van der Waals surface area contributed by atoms with Crippen LogP contribution >= 0.6 is 12.6 Å². The van der Waals surface area contributed by atoms with Crippen LogP contribution in [0.4, 0.5) is 0 Å². The largest absolute Gasteiger partial charge is 0.481 e. The van der Waals surface area contributed by atoms with Crippen molar-refractivity contribution < 1.29 is 43.8 Å². The van der Waals surface area contributed by atoms with Gasteiger partial charge in [-0.25, -0.2) is 4.79 Å². The summed E-state index contributed by atoms with van der Waals surface area (Å²) in [4.78, 5) is 80.9. The first-order chi connectivity index (χ1) is 14.3. The van der Waals surface area contributed by atoms with Crippen LogP contribution in [0.5, 0.6) is 0 Å². The number of primary amides is 2. The van der Waals surface area contributed by atoms with Gasteiger partial charge in [-0.3, -0.25) is 28.8 Å². The Bertz CT molecular complexity index is 746. The molecule has 4 atom stereocenters. The fraction of sp³-hybridized carbons (Fsp3) is 0.533. The van der Waals surface area contributed by atoms with E-state index < -0.39 is 84.9 Å². The smallest absolute Gasteiger partial charge is 0.327 e. The summed E-state index contributed by atoms with van der Waals surface area (Å²) in [6.07, 6.45) is -2.29. The third-order valence-electron chi connectivity index (χ3n) is 3.61. The standard InChI is InChI=1S/C15H24N6O9S/c16-5(1-9(17)22)12(26)19-7(3-11(24)25)14(28)20-6(2-10(18)23)13(27)21-8(4-31)15(29)30/h5-8,31H,1-4,16H2,(H2,17,22)(H2,18,23)(H,19,26)(H,20,28)(H,21,27)(H,24,25)(H,29,30). The number of nitrogens with one attached hydrogen (secondary N) is 3. The second kappa shape index (κ2) is 13.0. The Balaban J connectivity index is 5.47. The van der Waals surface area contributed by atoms with Gasteiger partial charge in [-0.1, -0.05) is 0 Å². The van der Waals surface area contributed by atoms with E-state index in [1.807, 2.05) is 16.0 Å². The molecule has 0 heterocycles. The minimum absolute atomic E-state index is 0.312. The molecular formula is C15H24N6O9S. The van der Waals surface area contributed by atoms with Crippen molar-refractivity contribution in [1.29, 1.82) is 0 Å². The van der Waals surface area contributed by atoms with Crippen LogP contribution in [0.1, 0.15) is 19.3 Å². The van der Waals surface area contributed by atoms with E-state index in [0.29, 0.717) is 0 Å². The number of carboxylic acids is 2. The van der Waals surface area contributed by atoms with Crippen molar-refractivity contribution in [1.82, 2.24) is 16.0 Å². The quantitative estimate of drug-likeness (QED) is 0.110. The van der Waals surface area contributed by atoms with Crippen molar-refractivity contribution in [2.24, 2.45) is 17.2 Å². The van der Waals surface area contributed by atoms with Crippen LogP contribution in [0.3, 0.4) is 0 Å². The highest BCUT2D eigenvalue weighted by Crippen LogP contribution is 2.01. The molecule has 0 bridgehead atoms. The summed E-state index contributed by atoms with van der Waals surface area (Å²) in [5.41, 5.74) is 15.4. The predicted molar refractivity (Wildman–Crippen MR) is 105 cm³/mol. The molecule has 0 rings (SSSR count). The van der Waals surface area contributed by atoms with Gasteiger partial charge in [0.1, 0.15) is 18.1 Å². The zero-order valence-electron chi connectivity index (χ0n) is 16.1. The van der Waals surface area contributed by atoms with Gasteiger partial charge in [0, 0.05) is 5.75 Å². The average Bonchev–Trinajstić information content (AvgIpc) is 2.62. The summed E-state index contributed by atoms with van der Waals surface area (Å²) in [5.74, 6) is -8.61. The van der Waals surface area contributed by atoms with Crippen molar-refractivity contribution in [2.75, 3.05) is 5.75 Å². The molecule has 0 aromatic carbocycles. The predicted octanol–water partition coefficient (Wildman–Crippen LogP) is -4.99. The maximum atomic E-state index is 12.5. The van der Waals surface area contributed by atoms with E-state index in [1.54, 1.807) is 0 Å². The first-order valence-corrected chi connectivity index (χ1v) is 9.20. The van der Waals surface area contributed by atoms with Crippen molar-refractivity contribution in [3.63, 3.8) is 0 Å². The minimum atomic E-state index is -1.76. The topological polar surface area (TPSA) is 274 Å². The van der Waals surface area contributed by atoms with Gasteiger partial charge < -0.3 is 43.4 Å². The van der Waals surface area contributed by atoms with Crippen LogP contribution in [0.25, 0.3) is 0 Å². The third kappa shape index (κ3) is 10.8. The van der Waals surface area contributed by atoms with E-state index in [-0.39, 0.29) is 5.75 Å². The maximum absolute atomic E-state index is 12.5. The summed E-state index contributed by atoms with van der Waals surface area (Å²) in [6, 6.07) is -6.37. The minimum Gasteiger partial charge on any atom is -0.481 e. The van der Waals surface area contributed by atoms with Gasteiger partial charge in [-0.2, -0.15) is 12.6 Å². The summed E-state index contributed by atoms with van der Waals surface area (Å²) < 4.78 is 0. The van der Waals surface area contributed by atoms with E-state index in [2.05, 4.69) is 12.6 Å². The number of aliphatic carboxylic acids is 2. The molecule has 5 amide bonds. The van der Waals surface area contributed by atoms with E-state index in [0.717, 1.165) is 0 Å². The SMILES string of the molecule is NC(=O)CC(N)C(=O)NC(CC(=O)O)C(=O)NC(CC(N)=O)C(=O)NC(CS)C(=O)O. The summed E-state index contributed by atoms with van der Waals surface area (Å²) in [5, 5.41) is 24.0. The molecule has 0 saturated carbocycles. The molecule has 31 heavy (non-hydrogen) atoms. The fourth-order valence-electron chi connectivity index (χ4n) is 2.11. The molecule has 0 aromatic rings. The Hall–Kier alpha value is -3.40. The lowest BCUT2D eigenvalue weighted by Gasteiger charge is -2.23. The molecule has 0 saturated heterocycles. The van der Waals surface area contributed by atoms with Crippen molar-refractivity contribution in [2.45, 2.75) is 43.4 Å². The van der Waals surface area contributed by atoms with E-state index in [1.165, 1.54) is 0 Å². The van der Waals surface area contributed by atoms with Crippen LogP contribution in [0, 0.1) is 0 Å². The van der Waals surface area contributed by atoms with Crippen LogP contribution in [0.2, 0.25) is 0 Å². The number of thiol groups is 1. The number of amides is 5. The lowest BCUT2D eigenvalue weighted by atomic mass is 10.1. The van der Waals surface area contributed by atoms with Gasteiger partial charge in [-0.15, -0.1) is 0 Å². The number of nitrogens with two attached hydrogens (primary N) is 3. The second-order valence-electron chi connectivity index (χ2n) is 6.25. The Labute approximate surface area is 180 Å². The Morgan fingerprint density at radius 2 is 1.13 bits per heavy atom. The zero-order valence-corrected chi connectivity index (χ0v) is 17.0. The zero-order chi connectivity index (χ0) is 24.3. The highest BCUT2D eigenvalue weighted by molar-refractivity contribution is 7.80. The van der Waals surface area contributed by atoms with E-state index >= 15 is 0 Å². The summed E-state index contributed by atoms with van der Waals surface area (Å²) in [7, 11) is 0. The van der Waals surface area contributed by atoms with Gasteiger partial charge in [-0.05, 0) is 0 Å². The molecule has 0 aliphatic heterocycles. The van der Waals surface area contributed by atoms with Crippen molar-refractivity contribution >= 4 is 54.1 Å². The van der Waals surface area contributed by atoms with Gasteiger partial charge in [0.2, 0.25) is 29.5 Å². The Morgan fingerprint density at radius 1 is 0.710 bits per heavy atom. The molecule has 174 valence electrons. The monoisotopic (exact) mass is 464 g/mol. The van der Waals surface area contributed by atoms with Crippen LogP contribution in [-0.4, -0.2) is 81.6 Å².